The molecule has 3 atom stereocenters. The molecule has 42 heavy (non-hydrogen) atoms. The van der Waals surface area contributed by atoms with Gasteiger partial charge in [0.2, 0.25) is 5.91 Å². The first-order valence-electron chi connectivity index (χ1n) is 13.9. The molecule has 2 amide bonds. The largest absolute Gasteiger partial charge is 0.497 e. The number of nitrogens with two attached hydrogens (primary N) is 1. The van der Waals surface area contributed by atoms with Gasteiger partial charge < -0.3 is 25.8 Å². The van der Waals surface area contributed by atoms with Crippen molar-refractivity contribution in [3.8, 4) is 5.75 Å². The molecular weight excluding hydrogens is 530 g/mol. The number of nitrogens with one attached hydrogen (secondary N) is 1. The van der Waals surface area contributed by atoms with E-state index in [1.165, 1.54) is 0 Å². The first kappa shape index (κ1) is 30.2. The molecular formula is C33H37N5O4. The van der Waals surface area contributed by atoms with Crippen LogP contribution in [0.25, 0.3) is 0 Å². The van der Waals surface area contributed by atoms with Gasteiger partial charge in [-0.1, -0.05) is 31.2 Å². The number of carbonyl (C=O) groups is 2. The SMILES string of the molecule is CCN(c1ccc(OC)cc1)c1ccccc1C[C@@H](O)[C@@H](C)c1c(C(N)=O)cccc1C(=O)NC(C)c1cnccn1. The summed E-state index contributed by atoms with van der Waals surface area (Å²) in [4.78, 5) is 36.5. The lowest BCUT2D eigenvalue weighted by atomic mass is 9.84. The zero-order chi connectivity index (χ0) is 30.2. The highest BCUT2D eigenvalue weighted by Gasteiger charge is 2.28. The third-order valence-corrected chi connectivity index (χ3v) is 7.43. The van der Waals surface area contributed by atoms with E-state index in [-0.39, 0.29) is 17.5 Å². The summed E-state index contributed by atoms with van der Waals surface area (Å²) in [5.41, 5.74) is 10.1. The Labute approximate surface area is 246 Å². The van der Waals surface area contributed by atoms with Gasteiger partial charge >= 0.3 is 0 Å². The minimum absolute atomic E-state index is 0.197. The lowest BCUT2D eigenvalue weighted by Crippen LogP contribution is -2.31. The number of methoxy groups -OCH3 is 1. The topological polar surface area (TPSA) is 131 Å². The number of primary amides is 1. The summed E-state index contributed by atoms with van der Waals surface area (Å²) in [7, 11) is 1.63. The molecule has 0 aliphatic heterocycles. The monoisotopic (exact) mass is 567 g/mol. The van der Waals surface area contributed by atoms with Crippen LogP contribution in [-0.2, 0) is 6.42 Å². The van der Waals surface area contributed by atoms with Crippen molar-refractivity contribution >= 4 is 23.2 Å². The Kier molecular flexibility index (Phi) is 9.88. The van der Waals surface area contributed by atoms with Crippen LogP contribution >= 0.6 is 0 Å². The van der Waals surface area contributed by atoms with Gasteiger partial charge in [0, 0.05) is 53.8 Å². The average Bonchev–Trinajstić information content (AvgIpc) is 3.02. The average molecular weight is 568 g/mol. The number of aliphatic hydroxyl groups excluding tert-OH is 1. The molecule has 0 bridgehead atoms. The Bertz CT molecular complexity index is 1510. The van der Waals surface area contributed by atoms with Crippen LogP contribution in [0, 0.1) is 0 Å². The van der Waals surface area contributed by atoms with Crippen LogP contribution in [0.15, 0.2) is 85.3 Å². The van der Waals surface area contributed by atoms with Crippen molar-refractivity contribution in [2.45, 2.75) is 45.3 Å². The smallest absolute Gasteiger partial charge is 0.252 e. The molecule has 4 rings (SSSR count). The van der Waals surface area contributed by atoms with Crippen molar-refractivity contribution < 1.29 is 19.4 Å². The summed E-state index contributed by atoms with van der Waals surface area (Å²) in [5.74, 6) is -0.892. The molecule has 1 aromatic heterocycles. The second-order valence-corrected chi connectivity index (χ2v) is 10.1. The van der Waals surface area contributed by atoms with Crippen molar-refractivity contribution in [1.82, 2.24) is 15.3 Å². The maximum atomic E-state index is 13.5. The van der Waals surface area contributed by atoms with Crippen LogP contribution < -0.4 is 20.7 Å². The van der Waals surface area contributed by atoms with E-state index in [9.17, 15) is 14.7 Å². The van der Waals surface area contributed by atoms with E-state index in [0.717, 1.165) is 22.7 Å². The Balaban J connectivity index is 1.64. The van der Waals surface area contributed by atoms with Gasteiger partial charge in [0.15, 0.2) is 0 Å². The number of nitrogens with zero attached hydrogens (tertiary/aromatic N) is 3. The highest BCUT2D eigenvalue weighted by atomic mass is 16.5. The van der Waals surface area contributed by atoms with Crippen LogP contribution in [0.3, 0.4) is 0 Å². The fraction of sp³-hybridized carbons (Fsp3) is 0.273. The van der Waals surface area contributed by atoms with E-state index >= 15 is 0 Å². The molecule has 4 N–H and O–H groups in total. The Morgan fingerprint density at radius 3 is 2.36 bits per heavy atom. The van der Waals surface area contributed by atoms with Crippen molar-refractivity contribution in [1.29, 1.82) is 0 Å². The van der Waals surface area contributed by atoms with Gasteiger partial charge in [-0.2, -0.15) is 0 Å². The highest BCUT2D eigenvalue weighted by molar-refractivity contribution is 6.02. The molecule has 1 heterocycles. The normalized spacial score (nSPS) is 13.1. The summed E-state index contributed by atoms with van der Waals surface area (Å²) in [6.45, 7) is 6.37. The standard InChI is InChI=1S/C33H37N5O4/c1-5-38(24-13-15-25(42-4)16-14-24)29-12-7-6-9-23(29)19-30(39)21(2)31-26(32(34)40)10-8-11-27(31)33(41)37-22(3)28-20-35-17-18-36-28/h6-18,20-22,30,39H,5,19H2,1-4H3,(H2,34,40)(H,37,41)/t21-,22?,30-/m1/s1. The van der Waals surface area contributed by atoms with E-state index in [4.69, 9.17) is 10.5 Å². The molecule has 9 nitrogen and oxygen atoms in total. The van der Waals surface area contributed by atoms with Crippen LogP contribution in [0.5, 0.6) is 5.75 Å². The Morgan fingerprint density at radius 1 is 1.00 bits per heavy atom. The number of aromatic nitrogens is 2. The summed E-state index contributed by atoms with van der Waals surface area (Å²) in [6.07, 6.45) is 4.06. The quantitative estimate of drug-likeness (QED) is 0.221. The molecule has 4 aromatic rings. The maximum Gasteiger partial charge on any atom is 0.252 e. The number of hydrogen-bond acceptors (Lipinski definition) is 7. The zero-order valence-electron chi connectivity index (χ0n) is 24.3. The molecule has 0 aliphatic carbocycles. The number of hydrogen-bond donors (Lipinski definition) is 3. The van der Waals surface area contributed by atoms with Crippen molar-refractivity contribution in [3.05, 3.63) is 113 Å². The van der Waals surface area contributed by atoms with Gasteiger partial charge in [-0.25, -0.2) is 0 Å². The number of anilines is 2. The first-order valence-corrected chi connectivity index (χ1v) is 13.9. The summed E-state index contributed by atoms with van der Waals surface area (Å²) >= 11 is 0. The maximum absolute atomic E-state index is 13.5. The van der Waals surface area contributed by atoms with E-state index in [1.54, 1.807) is 57.7 Å². The molecule has 1 unspecified atom stereocenters. The predicted molar refractivity (Wildman–Crippen MR) is 163 cm³/mol. The van der Waals surface area contributed by atoms with E-state index in [2.05, 4.69) is 27.1 Å². The third kappa shape index (κ3) is 6.75. The number of para-hydroxylation sites is 1. The molecule has 0 saturated carbocycles. The number of benzene rings is 3. The fourth-order valence-electron chi connectivity index (χ4n) is 5.15. The molecule has 0 fully saturated rings. The number of ether oxygens (including phenoxy) is 1. The molecule has 0 saturated heterocycles. The number of rotatable bonds is 12. The second kappa shape index (κ2) is 13.7. The summed E-state index contributed by atoms with van der Waals surface area (Å²) < 4.78 is 5.31. The van der Waals surface area contributed by atoms with E-state index in [0.29, 0.717) is 17.8 Å². The van der Waals surface area contributed by atoms with Crippen LogP contribution in [0.4, 0.5) is 11.4 Å². The molecule has 3 aromatic carbocycles. The molecule has 0 spiro atoms. The van der Waals surface area contributed by atoms with Crippen molar-refractivity contribution in [2.24, 2.45) is 5.73 Å². The molecule has 0 radical (unpaired) electrons. The van der Waals surface area contributed by atoms with Crippen molar-refractivity contribution in [3.63, 3.8) is 0 Å². The first-order chi connectivity index (χ1) is 20.2. The number of amides is 2. The van der Waals surface area contributed by atoms with Crippen LogP contribution in [0.2, 0.25) is 0 Å². The molecule has 0 aliphatic rings. The van der Waals surface area contributed by atoms with E-state index < -0.39 is 29.9 Å². The summed E-state index contributed by atoms with van der Waals surface area (Å²) in [5, 5.41) is 14.5. The second-order valence-electron chi connectivity index (χ2n) is 10.1. The Hall–Kier alpha value is -4.76. The van der Waals surface area contributed by atoms with Crippen LogP contribution in [-0.4, -0.2) is 46.6 Å². The van der Waals surface area contributed by atoms with Gasteiger partial charge in [0.25, 0.3) is 5.91 Å². The van der Waals surface area contributed by atoms with Gasteiger partial charge in [-0.05, 0) is 67.4 Å². The predicted octanol–water partition coefficient (Wildman–Crippen LogP) is 4.94. The minimum atomic E-state index is -0.926. The minimum Gasteiger partial charge on any atom is -0.497 e. The number of aliphatic hydroxyl groups is 1. The van der Waals surface area contributed by atoms with Gasteiger partial charge in [-0.3, -0.25) is 19.6 Å². The lowest BCUT2D eigenvalue weighted by Gasteiger charge is -2.29. The molecule has 218 valence electrons. The number of carbonyl (C=O) groups excluding carboxylic acids is 2. The van der Waals surface area contributed by atoms with Crippen molar-refractivity contribution in [2.75, 3.05) is 18.6 Å². The summed E-state index contributed by atoms with van der Waals surface area (Å²) in [6, 6.07) is 20.1. The fourth-order valence-corrected chi connectivity index (χ4v) is 5.15. The highest BCUT2D eigenvalue weighted by Crippen LogP contribution is 2.34. The Morgan fingerprint density at radius 2 is 1.71 bits per heavy atom. The molecule has 9 heteroatoms. The van der Waals surface area contributed by atoms with Gasteiger partial charge in [-0.15, -0.1) is 0 Å². The zero-order valence-corrected chi connectivity index (χ0v) is 24.3. The van der Waals surface area contributed by atoms with E-state index in [1.807, 2.05) is 48.5 Å². The third-order valence-electron chi connectivity index (χ3n) is 7.43. The van der Waals surface area contributed by atoms with Gasteiger partial charge in [0.1, 0.15) is 5.75 Å². The van der Waals surface area contributed by atoms with Gasteiger partial charge in [0.05, 0.1) is 31.1 Å². The van der Waals surface area contributed by atoms with Crippen LogP contribution in [0.1, 0.15) is 70.3 Å². The lowest BCUT2D eigenvalue weighted by molar-refractivity contribution is 0.0935.